The second-order valence-electron chi connectivity index (χ2n) is 6.05. The van der Waals surface area contributed by atoms with Crippen molar-refractivity contribution in [2.24, 2.45) is 0 Å². The van der Waals surface area contributed by atoms with Crippen LogP contribution in [-0.4, -0.2) is 19.6 Å². The van der Waals surface area contributed by atoms with Crippen LogP contribution < -0.4 is 5.32 Å². The van der Waals surface area contributed by atoms with Crippen molar-refractivity contribution in [2.75, 3.05) is 5.32 Å². The molecule has 4 nitrogen and oxygen atoms in total. The van der Waals surface area contributed by atoms with Gasteiger partial charge < -0.3 is 5.32 Å². The van der Waals surface area contributed by atoms with Crippen molar-refractivity contribution in [3.05, 3.63) is 58.3 Å². The number of carbonyl (C=O) groups excluding carboxylic acids is 1. The Labute approximate surface area is 154 Å². The molecule has 1 saturated carbocycles. The molecule has 0 heterocycles. The van der Waals surface area contributed by atoms with E-state index in [1.54, 1.807) is 12.1 Å². The molecule has 1 N–H and O–H groups in total. The number of nitrogens with one attached hydrogen (secondary N) is 1. The van der Waals surface area contributed by atoms with E-state index in [0.29, 0.717) is 23.0 Å². The van der Waals surface area contributed by atoms with Gasteiger partial charge in [0.25, 0.3) is 5.91 Å². The second kappa shape index (κ2) is 7.25. The number of hydrogen-bond acceptors (Lipinski definition) is 3. The normalized spacial score (nSPS) is 15.3. The smallest absolute Gasteiger partial charge is 0.256 e. The first kappa shape index (κ1) is 18.1. The van der Waals surface area contributed by atoms with E-state index in [2.05, 4.69) is 21.2 Å². The molecule has 0 saturated heterocycles. The highest BCUT2D eigenvalue weighted by Gasteiger charge is 2.30. The molecule has 0 aliphatic heterocycles. The van der Waals surface area contributed by atoms with Crippen LogP contribution in [0.25, 0.3) is 0 Å². The minimum absolute atomic E-state index is 0.169. The molecule has 7 heteroatoms. The number of rotatable bonds is 4. The van der Waals surface area contributed by atoms with Crippen LogP contribution in [0.2, 0.25) is 0 Å². The average Bonchev–Trinajstić information content (AvgIpc) is 3.13. The molecule has 0 aromatic heterocycles. The molecule has 0 radical (unpaired) electrons. The summed E-state index contributed by atoms with van der Waals surface area (Å²) in [5, 5.41) is 2.33. The van der Waals surface area contributed by atoms with Crippen molar-refractivity contribution >= 4 is 37.4 Å². The molecule has 132 valence electrons. The van der Waals surface area contributed by atoms with Crippen LogP contribution in [-0.2, 0) is 9.84 Å². The van der Waals surface area contributed by atoms with Crippen LogP contribution >= 0.6 is 15.9 Å². The van der Waals surface area contributed by atoms with E-state index < -0.39 is 21.6 Å². The Morgan fingerprint density at radius 1 is 1.08 bits per heavy atom. The Kier molecular flexibility index (Phi) is 5.24. The van der Waals surface area contributed by atoms with Crippen LogP contribution in [0.15, 0.2) is 51.8 Å². The number of benzene rings is 2. The summed E-state index contributed by atoms with van der Waals surface area (Å²) in [6, 6.07) is 9.96. The first-order valence-electron chi connectivity index (χ1n) is 7.98. The van der Waals surface area contributed by atoms with Crippen molar-refractivity contribution in [1.82, 2.24) is 0 Å². The van der Waals surface area contributed by atoms with E-state index in [1.807, 2.05) is 0 Å². The fourth-order valence-electron chi connectivity index (χ4n) is 2.99. The van der Waals surface area contributed by atoms with Crippen molar-refractivity contribution in [3.8, 4) is 0 Å². The van der Waals surface area contributed by atoms with Gasteiger partial charge in [0.15, 0.2) is 9.84 Å². The summed E-state index contributed by atoms with van der Waals surface area (Å²) >= 11 is 3.21. The van der Waals surface area contributed by atoms with Gasteiger partial charge in [0.1, 0.15) is 5.82 Å². The summed E-state index contributed by atoms with van der Waals surface area (Å²) < 4.78 is 38.9. The van der Waals surface area contributed by atoms with Gasteiger partial charge in [0.2, 0.25) is 0 Å². The minimum Gasteiger partial charge on any atom is -0.322 e. The van der Waals surface area contributed by atoms with Crippen LogP contribution in [0.4, 0.5) is 10.1 Å². The third-order valence-corrected chi connectivity index (χ3v) is 7.32. The lowest BCUT2D eigenvalue weighted by atomic mass is 10.2. The Bertz CT molecular complexity index is 891. The third kappa shape index (κ3) is 3.93. The zero-order valence-electron chi connectivity index (χ0n) is 13.3. The number of carbonyl (C=O) groups is 1. The fraction of sp³-hybridized carbons (Fsp3) is 0.278. The zero-order chi connectivity index (χ0) is 18.0. The van der Waals surface area contributed by atoms with Crippen molar-refractivity contribution in [3.63, 3.8) is 0 Å². The topological polar surface area (TPSA) is 63.2 Å². The molecule has 1 aliphatic rings. The first-order valence-corrected chi connectivity index (χ1v) is 10.3. The lowest BCUT2D eigenvalue weighted by Crippen LogP contribution is -2.18. The first-order chi connectivity index (χ1) is 11.9. The van der Waals surface area contributed by atoms with Gasteiger partial charge in [-0.3, -0.25) is 4.79 Å². The molecule has 0 atom stereocenters. The Morgan fingerprint density at radius 3 is 2.36 bits per heavy atom. The Balaban J connectivity index is 1.76. The number of amides is 1. The van der Waals surface area contributed by atoms with Gasteiger partial charge in [-0.15, -0.1) is 0 Å². The van der Waals surface area contributed by atoms with Gasteiger partial charge in [0.05, 0.1) is 15.7 Å². The molecule has 1 aliphatic carbocycles. The molecule has 1 amide bonds. The summed E-state index contributed by atoms with van der Waals surface area (Å²) in [6.45, 7) is 0. The largest absolute Gasteiger partial charge is 0.322 e. The van der Waals surface area contributed by atoms with Gasteiger partial charge in [-0.05, 0) is 71.2 Å². The molecule has 0 spiro atoms. The van der Waals surface area contributed by atoms with Gasteiger partial charge in [-0.2, -0.15) is 0 Å². The molecule has 0 unspecified atom stereocenters. The molecular weight excluding hydrogens is 409 g/mol. The lowest BCUT2D eigenvalue weighted by molar-refractivity contribution is 0.102. The monoisotopic (exact) mass is 425 g/mol. The van der Waals surface area contributed by atoms with E-state index in [-0.39, 0.29) is 15.7 Å². The van der Waals surface area contributed by atoms with Gasteiger partial charge in [-0.1, -0.05) is 12.8 Å². The van der Waals surface area contributed by atoms with Crippen molar-refractivity contribution in [2.45, 2.75) is 35.8 Å². The van der Waals surface area contributed by atoms with Gasteiger partial charge in [-0.25, -0.2) is 12.8 Å². The minimum atomic E-state index is -3.32. The Hall–Kier alpha value is -1.73. The quantitative estimate of drug-likeness (QED) is 0.780. The maximum Gasteiger partial charge on any atom is 0.256 e. The molecule has 2 aromatic rings. The van der Waals surface area contributed by atoms with Crippen molar-refractivity contribution < 1.29 is 17.6 Å². The van der Waals surface area contributed by atoms with E-state index in [0.717, 1.165) is 18.9 Å². The molecule has 1 fully saturated rings. The van der Waals surface area contributed by atoms with Crippen LogP contribution in [0.5, 0.6) is 0 Å². The molecule has 25 heavy (non-hydrogen) atoms. The maximum absolute atomic E-state index is 13.3. The van der Waals surface area contributed by atoms with E-state index >= 15 is 0 Å². The third-order valence-electron chi connectivity index (χ3n) is 4.35. The lowest BCUT2D eigenvalue weighted by Gasteiger charge is -2.12. The molecular formula is C18H17BrFNO3S. The summed E-state index contributed by atoms with van der Waals surface area (Å²) in [7, 11) is -3.32. The zero-order valence-corrected chi connectivity index (χ0v) is 15.7. The number of anilines is 1. The van der Waals surface area contributed by atoms with E-state index in [9.17, 15) is 17.6 Å². The van der Waals surface area contributed by atoms with Crippen LogP contribution in [0.1, 0.15) is 36.0 Å². The second-order valence-corrected chi connectivity index (χ2v) is 9.14. The summed E-state index contributed by atoms with van der Waals surface area (Å²) in [5.41, 5.74) is 0.620. The number of sulfone groups is 1. The number of hydrogen-bond donors (Lipinski definition) is 1. The Morgan fingerprint density at radius 2 is 1.72 bits per heavy atom. The predicted molar refractivity (Wildman–Crippen MR) is 97.9 cm³/mol. The highest BCUT2D eigenvalue weighted by Crippen LogP contribution is 2.30. The van der Waals surface area contributed by atoms with E-state index in [4.69, 9.17) is 0 Å². The predicted octanol–water partition coefficient (Wildman–Crippen LogP) is 4.56. The SMILES string of the molecule is O=C(Nc1ccc(S(=O)(=O)C2CCCC2)cc1)c1cc(F)ccc1Br. The van der Waals surface area contributed by atoms with Gasteiger partial charge >= 0.3 is 0 Å². The average molecular weight is 426 g/mol. The highest BCUT2D eigenvalue weighted by atomic mass is 79.9. The highest BCUT2D eigenvalue weighted by molar-refractivity contribution is 9.10. The fourth-order valence-corrected chi connectivity index (χ4v) is 5.27. The summed E-state index contributed by atoms with van der Waals surface area (Å²) in [4.78, 5) is 12.5. The van der Waals surface area contributed by atoms with E-state index in [1.165, 1.54) is 24.3 Å². The van der Waals surface area contributed by atoms with Crippen LogP contribution in [0, 0.1) is 5.82 Å². The van der Waals surface area contributed by atoms with Crippen molar-refractivity contribution in [1.29, 1.82) is 0 Å². The molecule has 2 aromatic carbocycles. The summed E-state index contributed by atoms with van der Waals surface area (Å²) in [6.07, 6.45) is 3.30. The molecule has 0 bridgehead atoms. The molecule has 3 rings (SSSR count). The maximum atomic E-state index is 13.3. The number of halogens is 2. The van der Waals surface area contributed by atoms with Gasteiger partial charge in [0, 0.05) is 10.2 Å². The van der Waals surface area contributed by atoms with Crippen LogP contribution in [0.3, 0.4) is 0 Å². The standard InChI is InChI=1S/C18H17BrFNO3S/c19-17-10-5-12(20)11-16(17)18(22)21-13-6-8-15(9-7-13)25(23,24)14-3-1-2-4-14/h5-11,14H,1-4H2,(H,21,22). The summed E-state index contributed by atoms with van der Waals surface area (Å²) in [5.74, 6) is -0.982.